The van der Waals surface area contributed by atoms with Gasteiger partial charge in [-0.25, -0.2) is 23.1 Å². The zero-order valence-corrected chi connectivity index (χ0v) is 11.6. The van der Waals surface area contributed by atoms with Gasteiger partial charge in [0.25, 0.3) is 10.0 Å². The first-order valence-electron chi connectivity index (χ1n) is 5.25. The fraction of sp³-hybridized carbons (Fsp3) is 0. The van der Waals surface area contributed by atoms with Gasteiger partial charge in [-0.3, -0.25) is 10.1 Å². The molecule has 2 aromatic rings. The monoisotopic (exact) mass is 332 g/mol. The molecule has 0 aliphatic carbocycles. The van der Waals surface area contributed by atoms with Crippen LogP contribution in [0.15, 0.2) is 35.4 Å². The molecule has 1 aromatic carbocycles. The predicted molar refractivity (Wildman–Crippen MR) is 70.9 cm³/mol. The maximum absolute atomic E-state index is 13.4. The summed E-state index contributed by atoms with van der Waals surface area (Å²) in [6.07, 6.45) is 1.19. The van der Waals surface area contributed by atoms with Crippen molar-refractivity contribution in [2.75, 3.05) is 4.72 Å². The van der Waals surface area contributed by atoms with Gasteiger partial charge in [-0.1, -0.05) is 17.7 Å². The zero-order valence-electron chi connectivity index (χ0n) is 10.0. The summed E-state index contributed by atoms with van der Waals surface area (Å²) in [4.78, 5) is 16.0. The Morgan fingerprint density at radius 2 is 2.05 bits per heavy atom. The van der Waals surface area contributed by atoms with Crippen LogP contribution >= 0.6 is 11.6 Å². The number of para-hydroxylation sites is 1. The highest BCUT2D eigenvalue weighted by Gasteiger charge is 2.30. The summed E-state index contributed by atoms with van der Waals surface area (Å²) in [7, 11) is -4.44. The van der Waals surface area contributed by atoms with Crippen molar-refractivity contribution in [2.24, 2.45) is 0 Å². The molecule has 2 rings (SSSR count). The number of hydrogen-bond donors (Lipinski definition) is 1. The van der Waals surface area contributed by atoms with Crippen molar-refractivity contribution in [1.82, 2.24) is 9.97 Å². The Bertz CT molecular complexity index is 814. The third-order valence-corrected chi connectivity index (χ3v) is 3.84. The normalized spacial score (nSPS) is 11.1. The smallest absolute Gasteiger partial charge is 0.258 e. The van der Waals surface area contributed by atoms with Gasteiger partial charge in [-0.05, 0) is 18.2 Å². The molecule has 1 N–H and O–H groups in total. The summed E-state index contributed by atoms with van der Waals surface area (Å²) >= 11 is 5.57. The predicted octanol–water partition coefficient (Wildman–Crippen LogP) is 1.98. The quantitative estimate of drug-likeness (QED) is 0.520. The number of rotatable bonds is 4. The van der Waals surface area contributed by atoms with E-state index in [0.717, 1.165) is 18.2 Å². The van der Waals surface area contributed by atoms with Gasteiger partial charge in [0, 0.05) is 6.20 Å². The molecule has 1 aromatic heterocycles. The Kier molecular flexibility index (Phi) is 4.00. The molecule has 1 heterocycles. The lowest BCUT2D eigenvalue weighted by atomic mass is 10.3. The average molecular weight is 333 g/mol. The highest BCUT2D eigenvalue weighted by atomic mass is 35.5. The minimum atomic E-state index is -4.44. The van der Waals surface area contributed by atoms with Crippen LogP contribution in [0.3, 0.4) is 0 Å². The van der Waals surface area contributed by atoms with Crippen LogP contribution in [0.2, 0.25) is 5.15 Å². The van der Waals surface area contributed by atoms with Crippen LogP contribution in [0.1, 0.15) is 0 Å². The van der Waals surface area contributed by atoms with E-state index in [9.17, 15) is 22.9 Å². The van der Waals surface area contributed by atoms with Crippen molar-refractivity contribution in [1.29, 1.82) is 0 Å². The van der Waals surface area contributed by atoms with Crippen molar-refractivity contribution in [3.63, 3.8) is 0 Å². The van der Waals surface area contributed by atoms with E-state index in [1.165, 1.54) is 12.3 Å². The standard InChI is InChI=1S/C10H6ClFN4O4S/c11-8-4-5-13-10(14-8)15-21(19,20)7-3-1-2-6(12)9(7)16(17)18/h1-5H,(H,13,14,15). The van der Waals surface area contributed by atoms with E-state index < -0.39 is 31.3 Å². The average Bonchev–Trinajstić information content (AvgIpc) is 2.37. The third-order valence-electron chi connectivity index (χ3n) is 2.27. The number of nitrogens with zero attached hydrogens (tertiary/aromatic N) is 3. The highest BCUT2D eigenvalue weighted by molar-refractivity contribution is 7.92. The maximum atomic E-state index is 13.4. The van der Waals surface area contributed by atoms with Gasteiger partial charge in [0.2, 0.25) is 11.8 Å². The van der Waals surface area contributed by atoms with Gasteiger partial charge in [0.05, 0.1) is 4.92 Å². The van der Waals surface area contributed by atoms with Crippen LogP contribution in [0.5, 0.6) is 0 Å². The van der Waals surface area contributed by atoms with Crippen molar-refractivity contribution in [2.45, 2.75) is 4.90 Å². The van der Waals surface area contributed by atoms with E-state index in [1.54, 1.807) is 0 Å². The molecule has 0 aliphatic heterocycles. The SMILES string of the molecule is O=[N+]([O-])c1c(F)cccc1S(=O)(=O)Nc1nccc(Cl)n1. The molecular weight excluding hydrogens is 327 g/mol. The fourth-order valence-corrected chi connectivity index (χ4v) is 2.72. The second-order valence-electron chi connectivity index (χ2n) is 3.65. The molecule has 0 amide bonds. The topological polar surface area (TPSA) is 115 Å². The molecular formula is C10H6ClFN4O4S. The lowest BCUT2D eigenvalue weighted by Gasteiger charge is -2.07. The number of nitro benzene ring substituents is 1. The number of anilines is 1. The molecule has 0 unspecified atom stereocenters. The first-order chi connectivity index (χ1) is 9.81. The molecule has 0 fully saturated rings. The Morgan fingerprint density at radius 3 is 2.67 bits per heavy atom. The molecule has 11 heteroatoms. The van der Waals surface area contributed by atoms with Gasteiger partial charge in [0.1, 0.15) is 5.15 Å². The summed E-state index contributed by atoms with van der Waals surface area (Å²) in [5.41, 5.74) is -1.16. The number of hydrogen-bond acceptors (Lipinski definition) is 6. The Balaban J connectivity index is 2.50. The highest BCUT2D eigenvalue weighted by Crippen LogP contribution is 2.27. The number of benzene rings is 1. The molecule has 0 saturated heterocycles. The molecule has 0 bridgehead atoms. The molecule has 0 saturated carbocycles. The van der Waals surface area contributed by atoms with E-state index >= 15 is 0 Å². The van der Waals surface area contributed by atoms with Gasteiger partial charge in [-0.2, -0.15) is 4.39 Å². The molecule has 0 radical (unpaired) electrons. The lowest BCUT2D eigenvalue weighted by molar-refractivity contribution is -0.390. The molecule has 0 spiro atoms. The molecule has 21 heavy (non-hydrogen) atoms. The first kappa shape index (κ1) is 15.1. The Hall–Kier alpha value is -2.33. The molecule has 8 nitrogen and oxygen atoms in total. The second-order valence-corrected chi connectivity index (χ2v) is 5.69. The number of nitrogens with one attached hydrogen (secondary N) is 1. The van der Waals surface area contributed by atoms with E-state index in [2.05, 4.69) is 9.97 Å². The van der Waals surface area contributed by atoms with Crippen LogP contribution in [0.4, 0.5) is 16.0 Å². The zero-order chi connectivity index (χ0) is 15.6. The Morgan fingerprint density at radius 1 is 1.33 bits per heavy atom. The summed E-state index contributed by atoms with van der Waals surface area (Å²) in [5, 5.41) is 10.8. The number of nitro groups is 1. The summed E-state index contributed by atoms with van der Waals surface area (Å²) in [6.45, 7) is 0. The minimum absolute atomic E-state index is 0.0311. The third kappa shape index (κ3) is 3.23. The lowest BCUT2D eigenvalue weighted by Crippen LogP contribution is -2.17. The van der Waals surface area contributed by atoms with E-state index in [1.807, 2.05) is 4.72 Å². The van der Waals surface area contributed by atoms with Crippen LogP contribution in [0.25, 0.3) is 0 Å². The number of sulfonamides is 1. The van der Waals surface area contributed by atoms with Crippen molar-refractivity contribution in [3.05, 3.63) is 51.5 Å². The van der Waals surface area contributed by atoms with Gasteiger partial charge >= 0.3 is 5.69 Å². The van der Waals surface area contributed by atoms with Crippen molar-refractivity contribution >= 4 is 33.3 Å². The van der Waals surface area contributed by atoms with Crippen LogP contribution in [0, 0.1) is 15.9 Å². The first-order valence-corrected chi connectivity index (χ1v) is 7.11. The minimum Gasteiger partial charge on any atom is -0.258 e. The van der Waals surface area contributed by atoms with Crippen molar-refractivity contribution in [3.8, 4) is 0 Å². The van der Waals surface area contributed by atoms with Crippen molar-refractivity contribution < 1.29 is 17.7 Å². The van der Waals surface area contributed by atoms with Crippen LogP contribution < -0.4 is 4.72 Å². The molecule has 110 valence electrons. The number of halogens is 2. The van der Waals surface area contributed by atoms with E-state index in [0.29, 0.717) is 0 Å². The Labute approximate surface area is 122 Å². The van der Waals surface area contributed by atoms with Crippen LogP contribution in [-0.2, 0) is 10.0 Å². The summed E-state index contributed by atoms with van der Waals surface area (Å²) in [6, 6.07) is 4.03. The fourth-order valence-electron chi connectivity index (χ4n) is 1.45. The van der Waals surface area contributed by atoms with Crippen LogP contribution in [-0.4, -0.2) is 23.3 Å². The maximum Gasteiger partial charge on any atom is 0.325 e. The van der Waals surface area contributed by atoms with Gasteiger partial charge < -0.3 is 0 Å². The number of aromatic nitrogens is 2. The molecule has 0 atom stereocenters. The van der Waals surface area contributed by atoms with E-state index in [4.69, 9.17) is 11.6 Å². The van der Waals surface area contributed by atoms with Gasteiger partial charge in [0.15, 0.2) is 4.90 Å². The second kappa shape index (κ2) is 5.58. The van der Waals surface area contributed by atoms with Gasteiger partial charge in [-0.15, -0.1) is 0 Å². The van der Waals surface area contributed by atoms with E-state index in [-0.39, 0.29) is 11.1 Å². The largest absolute Gasteiger partial charge is 0.325 e. The summed E-state index contributed by atoms with van der Waals surface area (Å²) < 4.78 is 39.5. The summed E-state index contributed by atoms with van der Waals surface area (Å²) in [5.74, 6) is -1.66. The molecule has 0 aliphatic rings.